The van der Waals surface area contributed by atoms with Gasteiger partial charge in [-0.3, -0.25) is 4.79 Å². The van der Waals surface area contributed by atoms with Gasteiger partial charge < -0.3 is 10.1 Å². The van der Waals surface area contributed by atoms with Crippen molar-refractivity contribution in [2.45, 2.75) is 13.8 Å². The molecule has 5 nitrogen and oxygen atoms in total. The lowest BCUT2D eigenvalue weighted by atomic mass is 10.2. The molecule has 7 heteroatoms. The molecule has 0 unspecified atom stereocenters. The average Bonchev–Trinajstić information content (AvgIpc) is 2.86. The summed E-state index contributed by atoms with van der Waals surface area (Å²) in [5.74, 6) is 0.360. The SMILES string of the molecule is CCOc1ncnc2sc(C(=O)Nc3cccc(Br)c3)c(C)c12. The van der Waals surface area contributed by atoms with E-state index in [1.165, 1.54) is 17.7 Å². The summed E-state index contributed by atoms with van der Waals surface area (Å²) in [5, 5.41) is 3.71. The first-order valence-electron chi connectivity index (χ1n) is 7.04. The van der Waals surface area contributed by atoms with Crippen LogP contribution < -0.4 is 10.1 Å². The molecule has 0 saturated carbocycles. The Hall–Kier alpha value is -1.99. The van der Waals surface area contributed by atoms with Gasteiger partial charge in [0, 0.05) is 10.2 Å². The number of anilines is 1. The summed E-state index contributed by atoms with van der Waals surface area (Å²) in [4.78, 5) is 22.4. The predicted octanol–water partition coefficient (Wildman–Crippen LogP) is 4.41. The molecule has 23 heavy (non-hydrogen) atoms. The Balaban J connectivity index is 1.98. The lowest BCUT2D eigenvalue weighted by Gasteiger charge is -2.05. The van der Waals surface area contributed by atoms with Crippen LogP contribution in [0, 0.1) is 6.92 Å². The molecule has 0 bridgehead atoms. The molecule has 2 heterocycles. The highest BCUT2D eigenvalue weighted by Crippen LogP contribution is 2.34. The summed E-state index contributed by atoms with van der Waals surface area (Å²) in [7, 11) is 0. The van der Waals surface area contributed by atoms with Crippen molar-refractivity contribution in [2.24, 2.45) is 0 Å². The summed E-state index contributed by atoms with van der Waals surface area (Å²) in [6.07, 6.45) is 1.46. The molecule has 0 aliphatic rings. The van der Waals surface area contributed by atoms with Crippen molar-refractivity contribution < 1.29 is 9.53 Å². The summed E-state index contributed by atoms with van der Waals surface area (Å²) in [5.41, 5.74) is 1.57. The van der Waals surface area contributed by atoms with Gasteiger partial charge in [-0.2, -0.15) is 0 Å². The molecule has 0 atom stereocenters. The minimum absolute atomic E-state index is 0.161. The van der Waals surface area contributed by atoms with Gasteiger partial charge in [-0.05, 0) is 37.6 Å². The summed E-state index contributed by atoms with van der Waals surface area (Å²) >= 11 is 4.73. The predicted molar refractivity (Wildman–Crippen MR) is 95.4 cm³/mol. The van der Waals surface area contributed by atoms with Crippen molar-refractivity contribution in [3.05, 3.63) is 45.5 Å². The second-order valence-corrected chi connectivity index (χ2v) is 6.73. The zero-order valence-electron chi connectivity index (χ0n) is 12.6. The summed E-state index contributed by atoms with van der Waals surface area (Å²) in [6.45, 7) is 4.30. The van der Waals surface area contributed by atoms with E-state index in [-0.39, 0.29) is 5.91 Å². The zero-order valence-corrected chi connectivity index (χ0v) is 15.0. The number of carbonyl (C=O) groups is 1. The van der Waals surface area contributed by atoms with Crippen LogP contribution in [0.15, 0.2) is 35.1 Å². The van der Waals surface area contributed by atoms with Crippen LogP contribution in [0.3, 0.4) is 0 Å². The highest BCUT2D eigenvalue weighted by molar-refractivity contribution is 9.10. The molecule has 0 saturated heterocycles. The maximum atomic E-state index is 12.6. The monoisotopic (exact) mass is 391 g/mol. The number of halogens is 1. The molecule has 1 N–H and O–H groups in total. The lowest BCUT2D eigenvalue weighted by molar-refractivity contribution is 0.103. The van der Waals surface area contributed by atoms with E-state index in [4.69, 9.17) is 4.74 Å². The molecule has 0 aliphatic carbocycles. The topological polar surface area (TPSA) is 64.1 Å². The third-order valence-electron chi connectivity index (χ3n) is 3.26. The Kier molecular flexibility index (Phi) is 4.58. The zero-order chi connectivity index (χ0) is 16.4. The van der Waals surface area contributed by atoms with E-state index in [1.54, 1.807) is 0 Å². The molecule has 0 fully saturated rings. The number of carbonyl (C=O) groups excluding carboxylic acids is 1. The number of nitrogens with zero attached hydrogens (tertiary/aromatic N) is 2. The summed E-state index contributed by atoms with van der Waals surface area (Å²) < 4.78 is 6.45. The number of thiophene rings is 1. The van der Waals surface area contributed by atoms with Gasteiger partial charge in [-0.15, -0.1) is 11.3 Å². The molecule has 118 valence electrons. The van der Waals surface area contributed by atoms with Gasteiger partial charge in [0.1, 0.15) is 11.2 Å². The van der Waals surface area contributed by atoms with Gasteiger partial charge in [0.15, 0.2) is 0 Å². The number of ether oxygens (including phenoxy) is 1. The minimum atomic E-state index is -0.161. The van der Waals surface area contributed by atoms with Crippen LogP contribution in [0.4, 0.5) is 5.69 Å². The van der Waals surface area contributed by atoms with E-state index >= 15 is 0 Å². The Labute approximate surface area is 145 Å². The molecule has 2 aromatic heterocycles. The van der Waals surface area contributed by atoms with Crippen LogP contribution >= 0.6 is 27.3 Å². The number of aryl methyl sites for hydroxylation is 1. The fraction of sp³-hybridized carbons (Fsp3) is 0.188. The maximum Gasteiger partial charge on any atom is 0.266 e. The second kappa shape index (κ2) is 6.64. The van der Waals surface area contributed by atoms with Crippen molar-refractivity contribution in [1.82, 2.24) is 9.97 Å². The number of benzene rings is 1. The quantitative estimate of drug-likeness (QED) is 0.714. The van der Waals surface area contributed by atoms with Crippen molar-refractivity contribution >= 4 is 49.1 Å². The van der Waals surface area contributed by atoms with Crippen molar-refractivity contribution in [3.8, 4) is 5.88 Å². The van der Waals surface area contributed by atoms with Crippen molar-refractivity contribution in [2.75, 3.05) is 11.9 Å². The highest BCUT2D eigenvalue weighted by Gasteiger charge is 2.20. The number of aromatic nitrogens is 2. The molecule has 1 aromatic carbocycles. The number of fused-ring (bicyclic) bond motifs is 1. The largest absolute Gasteiger partial charge is 0.477 e. The lowest BCUT2D eigenvalue weighted by Crippen LogP contribution is -2.11. The third-order valence-corrected chi connectivity index (χ3v) is 4.95. The van der Waals surface area contributed by atoms with E-state index < -0.39 is 0 Å². The molecular formula is C16H14BrN3O2S. The fourth-order valence-corrected chi connectivity index (χ4v) is 3.69. The van der Waals surface area contributed by atoms with E-state index in [0.29, 0.717) is 17.4 Å². The molecule has 1 amide bonds. The number of amides is 1. The second-order valence-electron chi connectivity index (χ2n) is 4.81. The van der Waals surface area contributed by atoms with Crippen LogP contribution in [0.2, 0.25) is 0 Å². The Morgan fingerprint density at radius 1 is 1.39 bits per heavy atom. The number of rotatable bonds is 4. The van der Waals surface area contributed by atoms with Crippen LogP contribution in [0.25, 0.3) is 10.2 Å². The van der Waals surface area contributed by atoms with E-state index in [2.05, 4.69) is 31.2 Å². The standard InChI is InChI=1S/C16H14BrN3O2S/c1-3-22-15-12-9(2)13(23-16(12)19-8-18-15)14(21)20-11-6-4-5-10(17)7-11/h4-8H,3H2,1-2H3,(H,20,21). The first kappa shape index (κ1) is 15.9. The first-order valence-corrected chi connectivity index (χ1v) is 8.65. The van der Waals surface area contributed by atoms with Crippen molar-refractivity contribution in [1.29, 1.82) is 0 Å². The fourth-order valence-electron chi connectivity index (χ4n) is 2.26. The number of hydrogen-bond acceptors (Lipinski definition) is 5. The first-order chi connectivity index (χ1) is 11.1. The van der Waals surface area contributed by atoms with Gasteiger partial charge in [0.05, 0.1) is 16.9 Å². The van der Waals surface area contributed by atoms with Crippen LogP contribution in [-0.2, 0) is 0 Å². The number of nitrogens with one attached hydrogen (secondary N) is 1. The summed E-state index contributed by atoms with van der Waals surface area (Å²) in [6, 6.07) is 7.48. The smallest absolute Gasteiger partial charge is 0.266 e. The van der Waals surface area contributed by atoms with Gasteiger partial charge in [-0.25, -0.2) is 9.97 Å². The van der Waals surface area contributed by atoms with Gasteiger partial charge in [0.25, 0.3) is 5.91 Å². The average molecular weight is 392 g/mol. The van der Waals surface area contributed by atoms with Crippen LogP contribution in [0.1, 0.15) is 22.2 Å². The molecule has 3 aromatic rings. The Morgan fingerprint density at radius 3 is 2.96 bits per heavy atom. The maximum absolute atomic E-state index is 12.6. The highest BCUT2D eigenvalue weighted by atomic mass is 79.9. The van der Waals surface area contributed by atoms with E-state index in [0.717, 1.165) is 25.9 Å². The molecule has 3 rings (SSSR count). The third kappa shape index (κ3) is 3.20. The van der Waals surface area contributed by atoms with Crippen LogP contribution in [0.5, 0.6) is 5.88 Å². The van der Waals surface area contributed by atoms with Gasteiger partial charge in [0.2, 0.25) is 5.88 Å². The molecule has 0 aliphatic heterocycles. The van der Waals surface area contributed by atoms with Gasteiger partial charge in [-0.1, -0.05) is 22.0 Å². The molecule has 0 spiro atoms. The van der Waals surface area contributed by atoms with Gasteiger partial charge >= 0.3 is 0 Å². The number of hydrogen-bond donors (Lipinski definition) is 1. The van der Waals surface area contributed by atoms with E-state index in [9.17, 15) is 4.79 Å². The molecule has 0 radical (unpaired) electrons. The Morgan fingerprint density at radius 2 is 2.22 bits per heavy atom. The van der Waals surface area contributed by atoms with E-state index in [1.807, 2.05) is 38.1 Å². The Bertz CT molecular complexity index is 879. The van der Waals surface area contributed by atoms with Crippen LogP contribution in [-0.4, -0.2) is 22.5 Å². The molecular weight excluding hydrogens is 378 g/mol. The minimum Gasteiger partial charge on any atom is -0.477 e. The normalized spacial score (nSPS) is 10.7. The van der Waals surface area contributed by atoms with Crippen molar-refractivity contribution in [3.63, 3.8) is 0 Å².